The van der Waals surface area contributed by atoms with Crippen LogP contribution in [-0.2, 0) is 9.47 Å². The minimum absolute atomic E-state index is 0.0775. The normalized spacial score (nSPS) is 22.7. The molecule has 1 unspecified atom stereocenters. The SMILES string of the molecule is CCN1CCCC1OC(=O)OC(C)C. The number of nitrogens with zero attached hydrogens (tertiary/aromatic N) is 1. The van der Waals surface area contributed by atoms with Crippen LogP contribution in [0.15, 0.2) is 0 Å². The van der Waals surface area contributed by atoms with Crippen molar-refractivity contribution in [3.8, 4) is 0 Å². The largest absolute Gasteiger partial charge is 0.510 e. The van der Waals surface area contributed by atoms with Gasteiger partial charge < -0.3 is 9.47 Å². The summed E-state index contributed by atoms with van der Waals surface area (Å²) in [6, 6.07) is 0. The van der Waals surface area contributed by atoms with Crippen LogP contribution in [0, 0.1) is 0 Å². The second-order valence-electron chi connectivity index (χ2n) is 3.76. The summed E-state index contributed by atoms with van der Waals surface area (Å²) in [7, 11) is 0. The number of rotatable bonds is 3. The van der Waals surface area contributed by atoms with E-state index in [0.717, 1.165) is 25.9 Å². The van der Waals surface area contributed by atoms with Crippen molar-refractivity contribution in [2.45, 2.75) is 45.9 Å². The Morgan fingerprint density at radius 3 is 2.86 bits per heavy atom. The van der Waals surface area contributed by atoms with Gasteiger partial charge in [0.2, 0.25) is 0 Å². The summed E-state index contributed by atoms with van der Waals surface area (Å²) in [4.78, 5) is 13.3. The summed E-state index contributed by atoms with van der Waals surface area (Å²) in [6.07, 6.45) is 1.27. The minimum Gasteiger partial charge on any atom is -0.432 e. The third-order valence-corrected chi connectivity index (χ3v) is 2.27. The maximum absolute atomic E-state index is 11.2. The third-order valence-electron chi connectivity index (χ3n) is 2.27. The zero-order chi connectivity index (χ0) is 10.6. The van der Waals surface area contributed by atoms with Crippen LogP contribution >= 0.6 is 0 Å². The molecule has 1 heterocycles. The molecule has 4 nitrogen and oxygen atoms in total. The molecule has 0 amide bonds. The highest BCUT2D eigenvalue weighted by molar-refractivity contribution is 5.60. The molecule has 0 aromatic carbocycles. The third kappa shape index (κ3) is 3.18. The Kier molecular flexibility index (Phi) is 4.20. The number of carbonyl (C=O) groups excluding carboxylic acids is 1. The maximum Gasteiger partial charge on any atom is 0.510 e. The van der Waals surface area contributed by atoms with Crippen LogP contribution < -0.4 is 0 Å². The molecule has 0 spiro atoms. The monoisotopic (exact) mass is 201 g/mol. The second kappa shape index (κ2) is 5.20. The highest BCUT2D eigenvalue weighted by atomic mass is 16.7. The zero-order valence-electron chi connectivity index (χ0n) is 9.16. The highest BCUT2D eigenvalue weighted by Gasteiger charge is 2.27. The Balaban J connectivity index is 2.32. The van der Waals surface area contributed by atoms with Crippen molar-refractivity contribution >= 4 is 6.16 Å². The first-order chi connectivity index (χ1) is 6.63. The van der Waals surface area contributed by atoms with E-state index >= 15 is 0 Å². The Morgan fingerprint density at radius 2 is 2.29 bits per heavy atom. The van der Waals surface area contributed by atoms with Crippen molar-refractivity contribution in [3.63, 3.8) is 0 Å². The van der Waals surface area contributed by atoms with Gasteiger partial charge in [0.25, 0.3) is 0 Å². The molecule has 1 saturated heterocycles. The topological polar surface area (TPSA) is 38.8 Å². The molecule has 1 fully saturated rings. The standard InChI is InChI=1S/C10H19NO3/c1-4-11-7-5-6-9(11)14-10(12)13-8(2)3/h8-9H,4-7H2,1-3H3. The van der Waals surface area contributed by atoms with E-state index in [4.69, 9.17) is 9.47 Å². The van der Waals surface area contributed by atoms with E-state index in [0.29, 0.717) is 0 Å². The van der Waals surface area contributed by atoms with E-state index < -0.39 is 6.16 Å². The summed E-state index contributed by atoms with van der Waals surface area (Å²) >= 11 is 0. The van der Waals surface area contributed by atoms with Gasteiger partial charge in [0.05, 0.1) is 6.10 Å². The molecule has 0 aromatic heterocycles. The molecule has 0 aromatic rings. The van der Waals surface area contributed by atoms with Gasteiger partial charge in [0.15, 0.2) is 6.23 Å². The molecule has 4 heteroatoms. The summed E-state index contributed by atoms with van der Waals surface area (Å²) in [6.45, 7) is 7.62. The number of carbonyl (C=O) groups is 1. The first kappa shape index (κ1) is 11.3. The molecule has 0 N–H and O–H groups in total. The number of hydrogen-bond acceptors (Lipinski definition) is 4. The molecule has 1 aliphatic rings. The fraction of sp³-hybridized carbons (Fsp3) is 0.900. The fourth-order valence-corrected chi connectivity index (χ4v) is 1.62. The molecule has 0 bridgehead atoms. The molecule has 1 rings (SSSR count). The quantitative estimate of drug-likeness (QED) is 0.654. The van der Waals surface area contributed by atoms with Crippen LogP contribution in [0.4, 0.5) is 4.79 Å². The van der Waals surface area contributed by atoms with Crippen LogP contribution in [-0.4, -0.2) is 36.5 Å². The first-order valence-electron chi connectivity index (χ1n) is 5.24. The predicted octanol–water partition coefficient (Wildman–Crippen LogP) is 1.99. The van der Waals surface area contributed by atoms with Gasteiger partial charge in [-0.2, -0.15) is 0 Å². The van der Waals surface area contributed by atoms with E-state index in [1.807, 2.05) is 13.8 Å². The van der Waals surface area contributed by atoms with E-state index in [1.54, 1.807) is 0 Å². The predicted molar refractivity (Wildman–Crippen MR) is 53.0 cm³/mol. The molecule has 82 valence electrons. The number of hydrogen-bond donors (Lipinski definition) is 0. The Labute approximate surface area is 85.2 Å². The molecule has 14 heavy (non-hydrogen) atoms. The molecule has 0 aliphatic carbocycles. The summed E-state index contributed by atoms with van der Waals surface area (Å²) in [5.74, 6) is 0. The smallest absolute Gasteiger partial charge is 0.432 e. The zero-order valence-corrected chi connectivity index (χ0v) is 9.16. The van der Waals surface area contributed by atoms with Gasteiger partial charge in [-0.25, -0.2) is 4.79 Å². The van der Waals surface area contributed by atoms with Gasteiger partial charge in [0.1, 0.15) is 0 Å². The van der Waals surface area contributed by atoms with Gasteiger partial charge in [0, 0.05) is 6.54 Å². The van der Waals surface area contributed by atoms with Gasteiger partial charge in [-0.15, -0.1) is 0 Å². The molecule has 1 atom stereocenters. The van der Waals surface area contributed by atoms with Crippen LogP contribution in [0.25, 0.3) is 0 Å². The van der Waals surface area contributed by atoms with E-state index in [1.165, 1.54) is 0 Å². The Morgan fingerprint density at radius 1 is 1.57 bits per heavy atom. The Bertz CT molecular complexity index is 194. The van der Waals surface area contributed by atoms with Crippen LogP contribution in [0.5, 0.6) is 0 Å². The maximum atomic E-state index is 11.2. The fourth-order valence-electron chi connectivity index (χ4n) is 1.62. The summed E-state index contributed by atoms with van der Waals surface area (Å²) in [5.41, 5.74) is 0. The lowest BCUT2D eigenvalue weighted by molar-refractivity contribution is -0.0371. The lowest BCUT2D eigenvalue weighted by atomic mass is 10.4. The van der Waals surface area contributed by atoms with E-state index in [2.05, 4.69) is 11.8 Å². The van der Waals surface area contributed by atoms with Gasteiger partial charge in [-0.3, -0.25) is 4.90 Å². The average molecular weight is 201 g/mol. The lowest BCUT2D eigenvalue weighted by Gasteiger charge is -2.22. The first-order valence-corrected chi connectivity index (χ1v) is 5.24. The average Bonchev–Trinajstić information content (AvgIpc) is 2.50. The second-order valence-corrected chi connectivity index (χ2v) is 3.76. The van der Waals surface area contributed by atoms with E-state index in [9.17, 15) is 4.79 Å². The van der Waals surface area contributed by atoms with Crippen LogP contribution in [0.3, 0.4) is 0 Å². The summed E-state index contributed by atoms with van der Waals surface area (Å²) in [5, 5.41) is 0. The number of likely N-dealkylation sites (tertiary alicyclic amines) is 1. The van der Waals surface area contributed by atoms with Crippen molar-refractivity contribution in [2.75, 3.05) is 13.1 Å². The van der Waals surface area contributed by atoms with Crippen molar-refractivity contribution in [1.82, 2.24) is 4.90 Å². The van der Waals surface area contributed by atoms with E-state index in [-0.39, 0.29) is 12.3 Å². The molecule has 0 radical (unpaired) electrons. The van der Waals surface area contributed by atoms with Gasteiger partial charge in [-0.1, -0.05) is 6.92 Å². The lowest BCUT2D eigenvalue weighted by Crippen LogP contribution is -2.33. The summed E-state index contributed by atoms with van der Waals surface area (Å²) < 4.78 is 10.1. The molecule has 1 aliphatic heterocycles. The highest BCUT2D eigenvalue weighted by Crippen LogP contribution is 2.18. The van der Waals surface area contributed by atoms with Crippen LogP contribution in [0.1, 0.15) is 33.6 Å². The molecule has 0 saturated carbocycles. The molecular formula is C10H19NO3. The van der Waals surface area contributed by atoms with Crippen molar-refractivity contribution < 1.29 is 14.3 Å². The van der Waals surface area contributed by atoms with Crippen LogP contribution in [0.2, 0.25) is 0 Å². The van der Waals surface area contributed by atoms with Crippen molar-refractivity contribution in [2.24, 2.45) is 0 Å². The van der Waals surface area contributed by atoms with Gasteiger partial charge in [-0.05, 0) is 33.2 Å². The van der Waals surface area contributed by atoms with Crippen molar-refractivity contribution in [1.29, 1.82) is 0 Å². The number of ether oxygens (including phenoxy) is 2. The van der Waals surface area contributed by atoms with Gasteiger partial charge >= 0.3 is 6.16 Å². The van der Waals surface area contributed by atoms with Crippen molar-refractivity contribution in [3.05, 3.63) is 0 Å². The Hall–Kier alpha value is -0.770. The molecular weight excluding hydrogens is 182 g/mol. The minimum atomic E-state index is -0.551.